The molecular weight excluding hydrogens is 817 g/mol. The molecule has 1 amide bonds. The van der Waals surface area contributed by atoms with Crippen molar-refractivity contribution in [3.63, 3.8) is 0 Å². The van der Waals surface area contributed by atoms with Crippen LogP contribution in [-0.2, 0) is 41.7 Å². The Labute approximate surface area is 378 Å². The highest BCUT2D eigenvalue weighted by Gasteiger charge is 2.34. The van der Waals surface area contributed by atoms with Crippen LogP contribution in [0.4, 0.5) is 5.69 Å². The molecule has 3 aliphatic heterocycles. The molecule has 1 aliphatic carbocycles. The molecule has 6 rings (SSSR count). The minimum atomic E-state index is -0.191. The maximum absolute atomic E-state index is 13.7. The molecule has 2 fully saturated rings. The fourth-order valence-corrected chi connectivity index (χ4v) is 8.05. The smallest absolute Gasteiger partial charge is 0.257 e. The van der Waals surface area contributed by atoms with E-state index in [4.69, 9.17) is 47.9 Å². The molecule has 3 unspecified atom stereocenters. The van der Waals surface area contributed by atoms with Gasteiger partial charge in [0, 0.05) is 76.5 Å². The van der Waals surface area contributed by atoms with Gasteiger partial charge in [-0.1, -0.05) is 29.4 Å². The number of nitrogens with zero attached hydrogens (tertiary/aromatic N) is 4. The molecule has 2 aromatic carbocycles. The Kier molecular flexibility index (Phi) is 19.2. The van der Waals surface area contributed by atoms with Crippen molar-refractivity contribution in [2.75, 3.05) is 80.6 Å². The normalized spacial score (nSPS) is 23.0. The third-order valence-electron chi connectivity index (χ3n) is 11.7. The van der Waals surface area contributed by atoms with E-state index in [1.165, 1.54) is 11.1 Å². The molecule has 0 N–H and O–H groups in total. The van der Waals surface area contributed by atoms with Crippen LogP contribution in [0.3, 0.4) is 0 Å². The van der Waals surface area contributed by atoms with Gasteiger partial charge >= 0.3 is 0 Å². The lowest BCUT2D eigenvalue weighted by molar-refractivity contribution is -0.108. The fourth-order valence-electron chi connectivity index (χ4n) is 8.05. The number of amides is 1. The Morgan fingerprint density at radius 3 is 2.27 bits per heavy atom. The van der Waals surface area contributed by atoms with E-state index in [-0.39, 0.29) is 31.3 Å². The minimum absolute atomic E-state index is 0.0742. The van der Waals surface area contributed by atoms with Crippen molar-refractivity contribution in [3.05, 3.63) is 93.9 Å². The quantitative estimate of drug-likeness (QED) is 0.0443. The highest BCUT2D eigenvalue weighted by molar-refractivity contribution is 6.04. The van der Waals surface area contributed by atoms with Crippen LogP contribution in [-0.4, -0.2) is 133 Å². The molecule has 2 aromatic rings. The molecule has 0 saturated carbocycles. The molecule has 0 spiro atoms. The summed E-state index contributed by atoms with van der Waals surface area (Å²) in [5, 5.41) is 0. The highest BCUT2D eigenvalue weighted by atomic mass is 16.5. The average Bonchev–Trinajstić information content (AvgIpc) is 3.87. The molecule has 0 aromatic heterocycles. The molecule has 0 radical (unpaired) electrons. The van der Waals surface area contributed by atoms with E-state index >= 15 is 0 Å². The van der Waals surface area contributed by atoms with E-state index < -0.39 is 0 Å². The van der Waals surface area contributed by atoms with Crippen molar-refractivity contribution in [1.29, 1.82) is 0 Å². The Morgan fingerprint density at radius 2 is 1.55 bits per heavy atom. The average molecular weight is 883 g/mol. The maximum atomic E-state index is 13.7. The Balaban J connectivity index is 1.11. The van der Waals surface area contributed by atoms with Crippen molar-refractivity contribution >= 4 is 30.3 Å². The lowest BCUT2D eigenvalue weighted by Gasteiger charge is -2.22. The Morgan fingerprint density at radius 1 is 0.812 bits per heavy atom. The minimum Gasteiger partial charge on any atom is -0.493 e. The SMILES string of the molecule is C/C=C1\CC(C=N/C2=C/CCC(OC)/C(OCc3cc(COc4cc5c(cc4OC)C(=O)N4C/C(=C/C)CC4C=N5)cc(OCCOCCCOCCOCCC=O)c3)=C\C2)N(C)C1. The van der Waals surface area contributed by atoms with Crippen molar-refractivity contribution < 1.29 is 47.5 Å². The standard InChI is InChI=1S/C50H66N4O10/c1-6-36-24-41(53(3)32-36)30-51-40-11-8-12-46(57-4)47(14-13-40)63-34-38-23-39(27-43(26-38)62-22-21-61-18-10-17-60-20-19-59-16-9-15-55)35-64-49-29-45-44(28-48(49)58-5)50(56)54-33-37(7-2)25-42(54)31-52-45/h6-7,11,14-15,23,26-31,41-42,46H,8-10,12-13,16-22,24-25,32-35H2,1-5H3/b36-6+,37-7+,40-11+,47-14+,51-30?. The Hall–Kier alpha value is -5.12. The molecular formula is C50H66N4O10. The van der Waals surface area contributed by atoms with Gasteiger partial charge in [-0.2, -0.15) is 0 Å². The number of ether oxygens (including phenoxy) is 8. The third-order valence-corrected chi connectivity index (χ3v) is 11.7. The summed E-state index contributed by atoms with van der Waals surface area (Å²) in [6.07, 6.45) is 18.3. The molecule has 346 valence electrons. The summed E-state index contributed by atoms with van der Waals surface area (Å²) in [5.41, 5.74) is 6.46. The predicted molar refractivity (Wildman–Crippen MR) is 247 cm³/mol. The van der Waals surface area contributed by atoms with Crippen LogP contribution in [0.1, 0.15) is 80.3 Å². The van der Waals surface area contributed by atoms with Crippen LogP contribution in [0.5, 0.6) is 17.2 Å². The summed E-state index contributed by atoms with van der Waals surface area (Å²) in [5.74, 6) is 2.28. The number of allylic oxidation sites excluding steroid dienone is 4. The second-order valence-corrected chi connectivity index (χ2v) is 16.2. The molecule has 14 nitrogen and oxygen atoms in total. The zero-order chi connectivity index (χ0) is 45.1. The second-order valence-electron chi connectivity index (χ2n) is 16.2. The van der Waals surface area contributed by atoms with Crippen LogP contribution in [0.2, 0.25) is 0 Å². The van der Waals surface area contributed by atoms with Gasteiger partial charge in [0.1, 0.15) is 43.7 Å². The summed E-state index contributed by atoms with van der Waals surface area (Å²) < 4.78 is 47.6. The third kappa shape index (κ3) is 13.9. The van der Waals surface area contributed by atoms with Crippen LogP contribution < -0.4 is 14.2 Å². The molecule has 4 aliphatic rings. The van der Waals surface area contributed by atoms with Gasteiger partial charge in [0.25, 0.3) is 5.91 Å². The van der Waals surface area contributed by atoms with E-state index in [0.717, 1.165) is 67.5 Å². The van der Waals surface area contributed by atoms with E-state index in [0.29, 0.717) is 100 Å². The number of aldehydes is 1. The molecule has 0 bridgehead atoms. The molecule has 2 saturated heterocycles. The van der Waals surface area contributed by atoms with Gasteiger partial charge in [-0.3, -0.25) is 19.7 Å². The fraction of sp³-hybridized carbons (Fsp3) is 0.520. The van der Waals surface area contributed by atoms with Crippen molar-refractivity contribution in [1.82, 2.24) is 9.80 Å². The first-order valence-corrected chi connectivity index (χ1v) is 22.5. The highest BCUT2D eigenvalue weighted by Crippen LogP contribution is 2.39. The van der Waals surface area contributed by atoms with Gasteiger partial charge in [0.05, 0.1) is 50.8 Å². The van der Waals surface area contributed by atoms with Crippen molar-refractivity contribution in [2.24, 2.45) is 9.98 Å². The van der Waals surface area contributed by atoms with Crippen LogP contribution in [0, 0.1) is 0 Å². The summed E-state index contributed by atoms with van der Waals surface area (Å²) >= 11 is 0. The first-order chi connectivity index (χ1) is 31.3. The van der Waals surface area contributed by atoms with Gasteiger partial charge in [-0.25, -0.2) is 0 Å². The number of likely N-dealkylation sites (N-methyl/N-ethyl adjacent to an activating group) is 1. The molecule has 14 heteroatoms. The van der Waals surface area contributed by atoms with Crippen LogP contribution in [0.25, 0.3) is 0 Å². The van der Waals surface area contributed by atoms with Crippen LogP contribution in [0.15, 0.2) is 87.2 Å². The molecule has 64 heavy (non-hydrogen) atoms. The van der Waals surface area contributed by atoms with E-state index in [1.807, 2.05) is 36.2 Å². The number of benzene rings is 2. The lowest BCUT2D eigenvalue weighted by atomic mass is 10.1. The summed E-state index contributed by atoms with van der Waals surface area (Å²) in [4.78, 5) is 37.9. The number of hydrogen-bond donors (Lipinski definition) is 0. The van der Waals surface area contributed by atoms with E-state index in [1.54, 1.807) is 26.4 Å². The maximum Gasteiger partial charge on any atom is 0.257 e. The number of carbonyl (C=O) groups excluding carboxylic acids is 2. The predicted octanol–water partition coefficient (Wildman–Crippen LogP) is 7.76. The summed E-state index contributed by atoms with van der Waals surface area (Å²) in [7, 11) is 5.43. The van der Waals surface area contributed by atoms with Gasteiger partial charge in [-0.05, 0) is 94.5 Å². The van der Waals surface area contributed by atoms with Gasteiger partial charge in [0.15, 0.2) is 11.5 Å². The van der Waals surface area contributed by atoms with E-state index in [9.17, 15) is 9.59 Å². The number of aliphatic imine (C=N–C) groups is 2. The monoisotopic (exact) mass is 882 g/mol. The first-order valence-electron chi connectivity index (χ1n) is 22.5. The second kappa shape index (κ2) is 25.4. The van der Waals surface area contributed by atoms with E-state index in [2.05, 4.69) is 49.4 Å². The first kappa shape index (κ1) is 48.3. The largest absolute Gasteiger partial charge is 0.493 e. The molecule has 3 heterocycles. The van der Waals surface area contributed by atoms with Crippen LogP contribution >= 0.6 is 0 Å². The number of rotatable bonds is 24. The molecule has 3 atom stereocenters. The number of likely N-dealkylation sites (tertiary alicyclic amines) is 1. The van der Waals surface area contributed by atoms with Gasteiger partial charge in [-0.15, -0.1) is 0 Å². The zero-order valence-corrected chi connectivity index (χ0v) is 38.3. The van der Waals surface area contributed by atoms with Crippen molar-refractivity contribution in [2.45, 2.75) is 90.2 Å². The summed E-state index contributed by atoms with van der Waals surface area (Å²) in [6.45, 7) is 9.32. The van der Waals surface area contributed by atoms with Crippen molar-refractivity contribution in [3.8, 4) is 17.2 Å². The number of methoxy groups -OCH3 is 2. The number of fused-ring (bicyclic) bond motifs is 2. The number of hydrogen-bond acceptors (Lipinski definition) is 13. The summed E-state index contributed by atoms with van der Waals surface area (Å²) in [6, 6.07) is 9.68. The lowest BCUT2D eigenvalue weighted by Crippen LogP contribution is -2.35. The van der Waals surface area contributed by atoms with Gasteiger partial charge < -0.3 is 47.6 Å². The zero-order valence-electron chi connectivity index (χ0n) is 38.3. The Bertz CT molecular complexity index is 2060. The van der Waals surface area contributed by atoms with Gasteiger partial charge in [0.2, 0.25) is 0 Å². The topological polar surface area (TPSA) is 139 Å². The number of carbonyl (C=O) groups is 2.